The minimum atomic E-state index is -1.26. The molecule has 1 unspecified atom stereocenters. The van der Waals surface area contributed by atoms with Gasteiger partial charge in [0.2, 0.25) is 11.8 Å². The molecule has 1 fully saturated rings. The molecule has 0 bridgehead atoms. The number of carbonyl (C=O) groups excluding carboxylic acids is 3. The first kappa shape index (κ1) is 49.3. The van der Waals surface area contributed by atoms with Gasteiger partial charge in [-0.25, -0.2) is 9.59 Å². The molecule has 1 aliphatic heterocycles. The van der Waals surface area contributed by atoms with Crippen molar-refractivity contribution in [2.75, 3.05) is 70.8 Å². The van der Waals surface area contributed by atoms with Crippen molar-refractivity contribution in [1.29, 1.82) is 0 Å². The Morgan fingerprint density at radius 3 is 2.11 bits per heavy atom. The summed E-state index contributed by atoms with van der Waals surface area (Å²) in [6.07, 6.45) is 4.50. The van der Waals surface area contributed by atoms with E-state index in [-0.39, 0.29) is 37.6 Å². The molecule has 3 atom stereocenters. The summed E-state index contributed by atoms with van der Waals surface area (Å²) >= 11 is 5.53. The zero-order valence-corrected chi connectivity index (χ0v) is 36.2. The predicted molar refractivity (Wildman–Crippen MR) is 245 cm³/mol. The van der Waals surface area contributed by atoms with E-state index in [1.807, 2.05) is 54.6 Å². The second kappa shape index (κ2) is 28.2. The maximum absolute atomic E-state index is 13.4. The van der Waals surface area contributed by atoms with Crippen LogP contribution in [0.2, 0.25) is 0 Å². The molecule has 0 aliphatic carbocycles. The molecular formula is C44H64N10O7S. The van der Waals surface area contributed by atoms with Crippen molar-refractivity contribution < 1.29 is 34.2 Å². The lowest BCUT2D eigenvalue weighted by Crippen LogP contribution is -2.48. The molecule has 0 spiro atoms. The van der Waals surface area contributed by atoms with E-state index in [0.29, 0.717) is 37.0 Å². The molecular weight excluding hydrogens is 813 g/mol. The monoisotopic (exact) mass is 876 g/mol. The zero-order valence-electron chi connectivity index (χ0n) is 35.4. The Labute approximate surface area is 369 Å². The lowest BCUT2D eigenvalue weighted by molar-refractivity contribution is -0.139. The molecule has 1 heterocycles. The lowest BCUT2D eigenvalue weighted by Gasteiger charge is -2.21. The van der Waals surface area contributed by atoms with Gasteiger partial charge in [-0.3, -0.25) is 14.4 Å². The highest BCUT2D eigenvalue weighted by Gasteiger charge is 2.23. The number of hydrogen-bond acceptors (Lipinski definition) is 10. The van der Waals surface area contributed by atoms with Crippen molar-refractivity contribution in [3.8, 4) is 0 Å². The van der Waals surface area contributed by atoms with Gasteiger partial charge in [-0.2, -0.15) is 0 Å². The number of urea groups is 1. The van der Waals surface area contributed by atoms with Crippen LogP contribution in [0.3, 0.4) is 0 Å². The molecule has 0 aromatic heterocycles. The summed E-state index contributed by atoms with van der Waals surface area (Å²) in [5, 5.41) is 51.5. The largest absolute Gasteiger partial charge is 0.480 e. The van der Waals surface area contributed by atoms with Crippen molar-refractivity contribution in [2.24, 2.45) is 0 Å². The van der Waals surface area contributed by atoms with Crippen LogP contribution in [0.25, 0.3) is 10.8 Å². The predicted octanol–water partition coefficient (Wildman–Crippen LogP) is 1.82. The van der Waals surface area contributed by atoms with Gasteiger partial charge >= 0.3 is 18.0 Å². The number of anilines is 1. The highest BCUT2D eigenvalue weighted by atomic mass is 32.1. The molecule has 1 saturated heterocycles. The molecule has 18 heteroatoms. The van der Waals surface area contributed by atoms with Crippen molar-refractivity contribution in [1.82, 2.24) is 47.9 Å². The summed E-state index contributed by atoms with van der Waals surface area (Å²) in [7, 11) is 0. The van der Waals surface area contributed by atoms with Gasteiger partial charge in [-0.1, -0.05) is 61.0 Å². The van der Waals surface area contributed by atoms with E-state index in [0.717, 1.165) is 87.1 Å². The molecule has 62 heavy (non-hydrogen) atoms. The van der Waals surface area contributed by atoms with E-state index >= 15 is 0 Å². The molecule has 0 radical (unpaired) electrons. The molecule has 1 aliphatic rings. The van der Waals surface area contributed by atoms with E-state index < -0.39 is 36.6 Å². The number of benzene rings is 3. The molecule has 3 aromatic carbocycles. The molecule has 4 amide bonds. The first-order valence-corrected chi connectivity index (χ1v) is 22.0. The standard InChI is InChI=1S/C44H64N10O7S/c55-39(11-2-1-6-19-50-44(62)52-35-16-13-31(14-17-35)27-36-29-47-23-22-45-20-21-46-24-25-48-36)53-38(28-32-12-15-33-8-3-4-9-34(33)26-32)41(58)49-18-7-5-10-37(42(59)60)54-43(61)51-30-40(56)57/h3-4,8-9,12-17,26,36-38,45-48H,1-2,5-7,10-11,18-25,27-30H2,(H,49,58)(H,53,55)(H,56,57)(H,59,60)(H2,50,52,62)(H2,51,54,61)/t36?,37-,38-/m0/s1. The summed E-state index contributed by atoms with van der Waals surface area (Å²) in [6.45, 7) is 6.82. The van der Waals surface area contributed by atoms with E-state index in [1.54, 1.807) is 0 Å². The minimum Gasteiger partial charge on any atom is -0.480 e. The zero-order chi connectivity index (χ0) is 44.4. The average molecular weight is 877 g/mol. The van der Waals surface area contributed by atoms with Crippen molar-refractivity contribution in [3.05, 3.63) is 77.9 Å². The van der Waals surface area contributed by atoms with Crippen LogP contribution in [0.15, 0.2) is 66.7 Å². The first-order chi connectivity index (χ1) is 30.0. The Morgan fingerprint density at radius 2 is 1.37 bits per heavy atom. The minimum absolute atomic E-state index is 0.0723. The third-order valence-electron chi connectivity index (χ3n) is 10.3. The van der Waals surface area contributed by atoms with Crippen molar-refractivity contribution in [3.63, 3.8) is 0 Å². The summed E-state index contributed by atoms with van der Waals surface area (Å²) in [4.78, 5) is 60.7. The van der Waals surface area contributed by atoms with Gasteiger partial charge in [0.15, 0.2) is 5.11 Å². The number of rotatable bonds is 22. The third-order valence-corrected chi connectivity index (χ3v) is 10.5. The Balaban J connectivity index is 1.16. The van der Waals surface area contributed by atoms with Crippen LogP contribution >= 0.6 is 12.2 Å². The fourth-order valence-corrected chi connectivity index (χ4v) is 7.16. The Kier molecular flexibility index (Phi) is 22.4. The number of carboxylic acids is 2. The number of hydrogen-bond donors (Lipinski definition) is 12. The summed E-state index contributed by atoms with van der Waals surface area (Å²) in [5.41, 5.74) is 3.04. The second-order valence-corrected chi connectivity index (χ2v) is 15.8. The van der Waals surface area contributed by atoms with Crippen LogP contribution < -0.4 is 53.2 Å². The topological polar surface area (TPSA) is 246 Å². The van der Waals surface area contributed by atoms with Crippen LogP contribution in [0.1, 0.15) is 56.1 Å². The molecule has 12 N–H and O–H groups in total. The van der Waals surface area contributed by atoms with Gasteiger partial charge in [0, 0.05) is 83.5 Å². The van der Waals surface area contributed by atoms with Crippen LogP contribution in [0, 0.1) is 0 Å². The SMILES string of the molecule is O=C(O)CNC(=O)N[C@@H](CCCCNC(=O)[C@H](Cc1ccc2ccccc2c1)NC(=O)CCCCCNC(=S)Nc1ccc(CC2CNCCNCCNCCN2)cc1)C(=O)O. The number of carboxylic acid groups (broad SMARTS) is 2. The van der Waals surface area contributed by atoms with Crippen LogP contribution in [-0.4, -0.2) is 129 Å². The second-order valence-electron chi connectivity index (χ2n) is 15.4. The number of nitrogens with one attached hydrogen (secondary N) is 10. The first-order valence-electron chi connectivity index (χ1n) is 21.6. The van der Waals surface area contributed by atoms with E-state index in [2.05, 4.69) is 65.3 Å². The highest BCUT2D eigenvalue weighted by Crippen LogP contribution is 2.17. The molecule has 338 valence electrons. The van der Waals surface area contributed by atoms with Gasteiger partial charge < -0.3 is 63.4 Å². The van der Waals surface area contributed by atoms with Gasteiger partial charge in [-0.05, 0) is 84.8 Å². The number of fused-ring (bicyclic) bond motifs is 1. The fourth-order valence-electron chi connectivity index (χ4n) is 6.94. The maximum atomic E-state index is 13.4. The van der Waals surface area contributed by atoms with Gasteiger partial charge in [0.05, 0.1) is 0 Å². The molecule has 0 saturated carbocycles. The van der Waals surface area contributed by atoms with Crippen LogP contribution in [-0.2, 0) is 32.0 Å². The van der Waals surface area contributed by atoms with Crippen LogP contribution in [0.4, 0.5) is 10.5 Å². The van der Waals surface area contributed by atoms with Gasteiger partial charge in [0.1, 0.15) is 18.6 Å². The number of carbonyl (C=O) groups is 5. The summed E-state index contributed by atoms with van der Waals surface area (Å²) in [6, 6.07) is 19.5. The number of amides is 4. The molecule has 17 nitrogen and oxygen atoms in total. The molecule has 4 rings (SSSR count). The number of aliphatic carboxylic acids is 2. The van der Waals surface area contributed by atoms with Gasteiger partial charge in [0.25, 0.3) is 0 Å². The smallest absolute Gasteiger partial charge is 0.326 e. The normalized spacial score (nSPS) is 15.7. The third kappa shape index (κ3) is 20.0. The van der Waals surface area contributed by atoms with Crippen LogP contribution in [0.5, 0.6) is 0 Å². The molecule has 3 aromatic rings. The average Bonchev–Trinajstić information content (AvgIpc) is 3.24. The summed E-state index contributed by atoms with van der Waals surface area (Å²) < 4.78 is 0. The van der Waals surface area contributed by atoms with E-state index in [4.69, 9.17) is 17.3 Å². The number of unbranched alkanes of at least 4 members (excludes halogenated alkanes) is 3. The van der Waals surface area contributed by atoms with Crippen molar-refractivity contribution in [2.45, 2.75) is 75.9 Å². The quantitative estimate of drug-likeness (QED) is 0.0509. The summed E-state index contributed by atoms with van der Waals surface area (Å²) in [5.74, 6) is -3.10. The maximum Gasteiger partial charge on any atom is 0.326 e. The Morgan fingerprint density at radius 1 is 0.694 bits per heavy atom. The fraction of sp³-hybridized carbons (Fsp3) is 0.500. The highest BCUT2D eigenvalue weighted by molar-refractivity contribution is 7.80. The Hall–Kier alpha value is -5.40. The van der Waals surface area contributed by atoms with Gasteiger partial charge in [-0.15, -0.1) is 0 Å². The Bertz CT molecular complexity index is 1870. The van der Waals surface area contributed by atoms with E-state index in [9.17, 15) is 29.1 Å². The lowest BCUT2D eigenvalue weighted by atomic mass is 10.0. The number of thiocarbonyl (C=S) groups is 1. The van der Waals surface area contributed by atoms with Crippen molar-refractivity contribution >= 4 is 63.6 Å². The van der Waals surface area contributed by atoms with E-state index in [1.165, 1.54) is 5.56 Å².